The van der Waals surface area contributed by atoms with Crippen molar-refractivity contribution >= 4 is 60.8 Å². The Hall–Kier alpha value is -1.75. The average molecular weight is 406 g/mol. The summed E-state index contributed by atoms with van der Waals surface area (Å²) in [5.41, 5.74) is 1.04. The fraction of sp³-hybridized carbons (Fsp3) is 0. The van der Waals surface area contributed by atoms with E-state index in [1.807, 2.05) is 30.3 Å². The first-order valence-corrected chi connectivity index (χ1v) is 8.73. The SMILES string of the molecule is O=C(/C=C\c1ccc(Cl)cc1)c1cc2cc(Br)ccc2sc1=O. The monoisotopic (exact) mass is 404 g/mol. The Labute approximate surface area is 150 Å². The van der Waals surface area contributed by atoms with Gasteiger partial charge in [-0.1, -0.05) is 57.1 Å². The lowest BCUT2D eigenvalue weighted by Crippen LogP contribution is -2.09. The molecular formula is C18H10BrClO2S. The summed E-state index contributed by atoms with van der Waals surface area (Å²) in [7, 11) is 0. The van der Waals surface area contributed by atoms with Crippen LogP contribution < -0.4 is 4.74 Å². The lowest BCUT2D eigenvalue weighted by molar-refractivity contribution is 0.104. The lowest BCUT2D eigenvalue weighted by Gasteiger charge is -2.00. The predicted octanol–water partition coefficient (Wildman–Crippen LogP) is 5.57. The minimum absolute atomic E-state index is 0.186. The quantitative estimate of drug-likeness (QED) is 0.421. The smallest absolute Gasteiger partial charge is 0.244 e. The van der Waals surface area contributed by atoms with E-state index in [1.165, 1.54) is 6.08 Å². The number of rotatable bonds is 3. The van der Waals surface area contributed by atoms with Crippen LogP contribution in [0.2, 0.25) is 5.02 Å². The van der Waals surface area contributed by atoms with Gasteiger partial charge in [0.15, 0.2) is 5.78 Å². The number of hydrogen-bond donors (Lipinski definition) is 0. The maximum Gasteiger partial charge on any atom is 0.244 e. The van der Waals surface area contributed by atoms with E-state index in [4.69, 9.17) is 11.6 Å². The Morgan fingerprint density at radius 2 is 1.83 bits per heavy atom. The summed E-state index contributed by atoms with van der Waals surface area (Å²) in [6, 6.07) is 14.4. The highest BCUT2D eigenvalue weighted by Crippen LogP contribution is 2.22. The number of allylic oxidation sites excluding steroid dienone is 1. The summed E-state index contributed by atoms with van der Waals surface area (Å²) in [6.45, 7) is 0. The highest BCUT2D eigenvalue weighted by Gasteiger charge is 2.10. The zero-order chi connectivity index (χ0) is 16.4. The number of halogens is 2. The predicted molar refractivity (Wildman–Crippen MR) is 101 cm³/mol. The molecule has 114 valence electrons. The molecule has 1 heterocycles. The zero-order valence-corrected chi connectivity index (χ0v) is 14.9. The summed E-state index contributed by atoms with van der Waals surface area (Å²) in [5.74, 6) is -0.303. The average Bonchev–Trinajstić information content (AvgIpc) is 2.54. The molecule has 5 heteroatoms. The Morgan fingerprint density at radius 1 is 1.09 bits per heavy atom. The Morgan fingerprint density at radius 3 is 2.57 bits per heavy atom. The summed E-state index contributed by atoms with van der Waals surface area (Å²) < 4.78 is 1.54. The third kappa shape index (κ3) is 3.78. The van der Waals surface area contributed by atoms with Crippen LogP contribution in [-0.4, -0.2) is 5.78 Å². The lowest BCUT2D eigenvalue weighted by atomic mass is 10.1. The Balaban J connectivity index is 1.95. The topological polar surface area (TPSA) is 34.1 Å². The van der Waals surface area contributed by atoms with Crippen molar-refractivity contribution in [3.8, 4) is 0 Å². The van der Waals surface area contributed by atoms with Crippen LogP contribution in [0.1, 0.15) is 15.9 Å². The molecule has 23 heavy (non-hydrogen) atoms. The second-order valence-electron chi connectivity index (χ2n) is 4.88. The molecule has 0 fully saturated rings. The molecule has 0 spiro atoms. The van der Waals surface area contributed by atoms with Crippen LogP contribution >= 0.6 is 38.9 Å². The molecule has 3 aromatic rings. The molecule has 3 rings (SSSR count). The minimum atomic E-state index is -0.303. The number of benzene rings is 2. The Bertz CT molecular complexity index is 974. The molecule has 0 aliphatic rings. The molecule has 1 aromatic heterocycles. The summed E-state index contributed by atoms with van der Waals surface area (Å²) in [5, 5.41) is 1.50. The van der Waals surface area contributed by atoms with Gasteiger partial charge >= 0.3 is 0 Å². The first-order valence-electron chi connectivity index (χ1n) is 6.74. The van der Waals surface area contributed by atoms with Crippen LogP contribution in [0.15, 0.2) is 63.9 Å². The van der Waals surface area contributed by atoms with Gasteiger partial charge in [-0.2, -0.15) is 0 Å². The highest BCUT2D eigenvalue weighted by molar-refractivity contribution is 9.10. The molecule has 2 nitrogen and oxygen atoms in total. The second kappa shape index (κ2) is 6.79. The molecule has 0 aliphatic heterocycles. The number of carbonyl (C=O) groups excluding carboxylic acids is 1. The van der Waals surface area contributed by atoms with Gasteiger partial charge in [-0.05, 0) is 53.4 Å². The highest BCUT2D eigenvalue weighted by atomic mass is 79.9. The number of fused-ring (bicyclic) bond motifs is 1. The number of ketones is 1. The molecule has 0 atom stereocenters. The van der Waals surface area contributed by atoms with Gasteiger partial charge < -0.3 is 0 Å². The zero-order valence-electron chi connectivity index (χ0n) is 11.8. The van der Waals surface area contributed by atoms with Crippen molar-refractivity contribution in [2.45, 2.75) is 0 Å². The summed E-state index contributed by atoms with van der Waals surface area (Å²) in [6.07, 6.45) is 3.09. The Kier molecular flexibility index (Phi) is 4.76. The van der Waals surface area contributed by atoms with Crippen molar-refractivity contribution in [2.75, 3.05) is 0 Å². The van der Waals surface area contributed by atoms with Crippen molar-refractivity contribution < 1.29 is 4.79 Å². The van der Waals surface area contributed by atoms with Gasteiger partial charge in [0.1, 0.15) is 0 Å². The number of carbonyl (C=O) groups is 1. The van der Waals surface area contributed by atoms with Gasteiger partial charge in [0.05, 0.1) is 5.56 Å². The van der Waals surface area contributed by atoms with Crippen molar-refractivity contribution in [2.24, 2.45) is 0 Å². The van der Waals surface area contributed by atoms with Gasteiger partial charge in [-0.25, -0.2) is 0 Å². The van der Waals surface area contributed by atoms with Gasteiger partial charge in [-0.15, -0.1) is 0 Å². The van der Waals surface area contributed by atoms with Crippen LogP contribution in [0.3, 0.4) is 0 Å². The van der Waals surface area contributed by atoms with Gasteiger partial charge in [-0.3, -0.25) is 9.59 Å². The van der Waals surface area contributed by atoms with Crippen molar-refractivity contribution in [1.82, 2.24) is 0 Å². The van der Waals surface area contributed by atoms with E-state index in [0.29, 0.717) is 5.02 Å². The fourth-order valence-electron chi connectivity index (χ4n) is 2.10. The second-order valence-corrected chi connectivity index (χ2v) is 7.25. The maximum absolute atomic E-state index is 12.3. The number of hydrogen-bond acceptors (Lipinski definition) is 3. The molecule has 0 N–H and O–H groups in total. The van der Waals surface area contributed by atoms with E-state index >= 15 is 0 Å². The fourth-order valence-corrected chi connectivity index (χ4v) is 3.45. The van der Waals surface area contributed by atoms with Crippen LogP contribution in [0, 0.1) is 0 Å². The molecule has 0 saturated carbocycles. The van der Waals surface area contributed by atoms with Crippen LogP contribution in [0.5, 0.6) is 0 Å². The first-order chi connectivity index (χ1) is 11.0. The minimum Gasteiger partial charge on any atom is -0.289 e. The van der Waals surface area contributed by atoms with Crippen molar-refractivity contribution in [3.63, 3.8) is 0 Å². The molecular weight excluding hydrogens is 396 g/mol. The normalized spacial score (nSPS) is 11.2. The first kappa shape index (κ1) is 16.1. The van der Waals surface area contributed by atoms with Crippen LogP contribution in [-0.2, 0) is 0 Å². The summed E-state index contributed by atoms with van der Waals surface area (Å²) in [4.78, 5) is 24.5. The van der Waals surface area contributed by atoms with E-state index < -0.39 is 0 Å². The van der Waals surface area contributed by atoms with Crippen molar-refractivity contribution in [3.05, 3.63) is 84.8 Å². The maximum atomic E-state index is 12.3. The van der Waals surface area contributed by atoms with Gasteiger partial charge in [0.2, 0.25) is 4.74 Å². The molecule has 0 bridgehead atoms. The van der Waals surface area contributed by atoms with E-state index in [1.54, 1.807) is 24.3 Å². The van der Waals surface area contributed by atoms with Crippen LogP contribution in [0.25, 0.3) is 16.2 Å². The van der Waals surface area contributed by atoms with E-state index in [9.17, 15) is 9.59 Å². The van der Waals surface area contributed by atoms with Gasteiger partial charge in [0.25, 0.3) is 0 Å². The van der Waals surface area contributed by atoms with E-state index in [-0.39, 0.29) is 16.1 Å². The molecule has 0 radical (unpaired) electrons. The van der Waals surface area contributed by atoms with E-state index in [0.717, 1.165) is 31.5 Å². The summed E-state index contributed by atoms with van der Waals surface area (Å²) >= 11 is 10.3. The molecule has 0 unspecified atom stereocenters. The molecule has 0 aliphatic carbocycles. The molecule has 0 amide bonds. The third-order valence-electron chi connectivity index (χ3n) is 3.26. The molecule has 0 saturated heterocycles. The van der Waals surface area contributed by atoms with Crippen molar-refractivity contribution in [1.29, 1.82) is 0 Å². The van der Waals surface area contributed by atoms with Gasteiger partial charge in [0, 0.05) is 14.2 Å². The van der Waals surface area contributed by atoms with Crippen LogP contribution in [0.4, 0.5) is 0 Å². The third-order valence-corrected chi connectivity index (χ3v) is 5.00. The molecule has 2 aromatic carbocycles. The standard InChI is InChI=1S/C18H10BrClO2S/c19-13-4-8-17-12(9-13)10-15(18(22)23-17)16(21)7-3-11-1-5-14(20)6-2-11/h1-10H/b7-3-. The largest absolute Gasteiger partial charge is 0.289 e. The van der Waals surface area contributed by atoms with E-state index in [2.05, 4.69) is 15.9 Å².